The molecule has 1 N–H and O–H groups in total. The van der Waals surface area contributed by atoms with Gasteiger partial charge in [-0.15, -0.1) is 0 Å². The maximum absolute atomic E-state index is 13.8. The van der Waals surface area contributed by atoms with E-state index in [4.69, 9.17) is 4.74 Å². The molecule has 0 aliphatic rings. The molecule has 88 valence electrons. The molecule has 0 aliphatic heterocycles. The minimum atomic E-state index is -0.521. The van der Waals surface area contributed by atoms with E-state index in [9.17, 15) is 9.18 Å². The third kappa shape index (κ3) is 2.30. The van der Waals surface area contributed by atoms with Crippen LogP contribution in [0.3, 0.4) is 0 Å². The van der Waals surface area contributed by atoms with E-state index in [1.165, 1.54) is 25.4 Å². The predicted molar refractivity (Wildman–Crippen MR) is 57.4 cm³/mol. The first-order valence-corrected chi connectivity index (χ1v) is 4.92. The first-order valence-electron chi connectivity index (χ1n) is 4.92. The maximum Gasteiger partial charge on any atom is 0.189 e. The van der Waals surface area contributed by atoms with E-state index in [0.29, 0.717) is 0 Å². The summed E-state index contributed by atoms with van der Waals surface area (Å²) in [5.74, 6) is -0.701. The Hall–Kier alpha value is -2.24. The van der Waals surface area contributed by atoms with Gasteiger partial charge >= 0.3 is 0 Å². The third-order valence-corrected chi connectivity index (χ3v) is 2.31. The van der Waals surface area contributed by atoms with Gasteiger partial charge < -0.3 is 4.74 Å². The molecule has 6 heteroatoms. The van der Waals surface area contributed by atoms with Crippen LogP contribution in [-0.2, 0) is 6.42 Å². The van der Waals surface area contributed by atoms with Gasteiger partial charge in [0.2, 0.25) is 0 Å². The molecule has 2 rings (SSSR count). The molecule has 0 fully saturated rings. The lowest BCUT2D eigenvalue weighted by molar-refractivity contribution is 0.0987. The molecule has 0 saturated heterocycles. The number of ketones is 1. The molecule has 1 aromatic carbocycles. The Labute approximate surface area is 96.6 Å². The van der Waals surface area contributed by atoms with Crippen molar-refractivity contribution in [3.8, 4) is 5.75 Å². The smallest absolute Gasteiger partial charge is 0.189 e. The third-order valence-electron chi connectivity index (χ3n) is 2.31. The van der Waals surface area contributed by atoms with Gasteiger partial charge in [0.05, 0.1) is 13.3 Å². The van der Waals surface area contributed by atoms with Crippen LogP contribution in [-0.4, -0.2) is 28.3 Å². The SMILES string of the molecule is COc1cccc(CC(=O)c2cn[nH]n2)c1F. The number of nitrogens with one attached hydrogen (secondary N) is 1. The van der Waals surface area contributed by atoms with Gasteiger partial charge in [-0.1, -0.05) is 12.1 Å². The fourth-order valence-electron chi connectivity index (χ4n) is 1.45. The number of Topliss-reactive ketones (excluding diaryl/α,β-unsaturated/α-hetero) is 1. The predicted octanol–water partition coefficient (Wildman–Crippen LogP) is 1.38. The summed E-state index contributed by atoms with van der Waals surface area (Å²) in [7, 11) is 1.38. The molecular formula is C11H10FN3O2. The maximum atomic E-state index is 13.8. The molecule has 0 atom stereocenters. The van der Waals surface area contributed by atoms with E-state index >= 15 is 0 Å². The Morgan fingerprint density at radius 2 is 2.35 bits per heavy atom. The molecule has 0 amide bonds. The number of carbonyl (C=O) groups is 1. The molecular weight excluding hydrogens is 225 g/mol. The number of methoxy groups -OCH3 is 1. The van der Waals surface area contributed by atoms with Crippen molar-refractivity contribution in [3.05, 3.63) is 41.5 Å². The van der Waals surface area contributed by atoms with Crippen molar-refractivity contribution in [2.75, 3.05) is 7.11 Å². The number of halogens is 1. The van der Waals surface area contributed by atoms with E-state index < -0.39 is 5.82 Å². The van der Waals surface area contributed by atoms with E-state index in [1.54, 1.807) is 6.07 Å². The molecule has 1 aromatic heterocycles. The average molecular weight is 235 g/mol. The lowest BCUT2D eigenvalue weighted by atomic mass is 10.1. The largest absolute Gasteiger partial charge is 0.494 e. The highest BCUT2D eigenvalue weighted by Crippen LogP contribution is 2.20. The zero-order valence-corrected chi connectivity index (χ0v) is 9.11. The van der Waals surface area contributed by atoms with Crippen LogP contribution < -0.4 is 4.74 Å². The van der Waals surface area contributed by atoms with Crippen molar-refractivity contribution in [1.29, 1.82) is 0 Å². The highest BCUT2D eigenvalue weighted by Gasteiger charge is 2.15. The highest BCUT2D eigenvalue weighted by molar-refractivity contribution is 5.95. The highest BCUT2D eigenvalue weighted by atomic mass is 19.1. The molecule has 0 unspecified atom stereocenters. The van der Waals surface area contributed by atoms with E-state index in [1.807, 2.05) is 0 Å². The Kier molecular flexibility index (Phi) is 3.13. The first-order chi connectivity index (χ1) is 8.22. The van der Waals surface area contributed by atoms with E-state index in [0.717, 1.165) is 0 Å². The van der Waals surface area contributed by atoms with Gasteiger partial charge in [0, 0.05) is 6.42 Å². The molecule has 0 radical (unpaired) electrons. The summed E-state index contributed by atoms with van der Waals surface area (Å²) in [6.45, 7) is 0. The molecule has 0 saturated carbocycles. The first kappa shape index (κ1) is 11.3. The van der Waals surface area contributed by atoms with Crippen molar-refractivity contribution in [2.45, 2.75) is 6.42 Å². The molecule has 0 bridgehead atoms. The zero-order valence-electron chi connectivity index (χ0n) is 9.11. The van der Waals surface area contributed by atoms with Crippen LogP contribution in [0.1, 0.15) is 16.1 Å². The van der Waals surface area contributed by atoms with Gasteiger partial charge in [0.15, 0.2) is 17.3 Å². The summed E-state index contributed by atoms with van der Waals surface area (Å²) in [4.78, 5) is 11.7. The van der Waals surface area contributed by atoms with Crippen LogP contribution in [0.5, 0.6) is 5.75 Å². The van der Waals surface area contributed by atoms with Crippen LogP contribution in [0.4, 0.5) is 4.39 Å². The second-order valence-corrected chi connectivity index (χ2v) is 3.39. The molecule has 2 aromatic rings. The zero-order chi connectivity index (χ0) is 12.3. The lowest BCUT2D eigenvalue weighted by Crippen LogP contribution is -2.06. The van der Waals surface area contributed by atoms with Crippen LogP contribution in [0, 0.1) is 5.82 Å². The second-order valence-electron chi connectivity index (χ2n) is 3.39. The number of aromatic amines is 1. The Balaban J connectivity index is 2.22. The summed E-state index contributed by atoms with van der Waals surface area (Å²) in [5, 5.41) is 9.51. The number of carbonyl (C=O) groups excluding carboxylic acids is 1. The van der Waals surface area contributed by atoms with Crippen molar-refractivity contribution < 1.29 is 13.9 Å². The van der Waals surface area contributed by atoms with Crippen molar-refractivity contribution in [3.63, 3.8) is 0 Å². The quantitative estimate of drug-likeness (QED) is 0.813. The Bertz CT molecular complexity index is 526. The van der Waals surface area contributed by atoms with Gasteiger partial charge in [-0.25, -0.2) is 4.39 Å². The van der Waals surface area contributed by atoms with Gasteiger partial charge in [-0.2, -0.15) is 15.4 Å². The second kappa shape index (κ2) is 4.73. The lowest BCUT2D eigenvalue weighted by Gasteiger charge is -2.05. The van der Waals surface area contributed by atoms with Crippen molar-refractivity contribution in [1.82, 2.24) is 15.4 Å². The van der Waals surface area contributed by atoms with Gasteiger partial charge in [-0.05, 0) is 11.6 Å². The van der Waals surface area contributed by atoms with E-state index in [-0.39, 0.29) is 29.2 Å². The van der Waals surface area contributed by atoms with Crippen LogP contribution in [0.2, 0.25) is 0 Å². The number of hydrogen-bond donors (Lipinski definition) is 1. The number of ether oxygens (including phenoxy) is 1. The van der Waals surface area contributed by atoms with Crippen molar-refractivity contribution >= 4 is 5.78 Å². The monoisotopic (exact) mass is 235 g/mol. The number of H-pyrrole nitrogens is 1. The number of aromatic nitrogens is 3. The average Bonchev–Trinajstić information content (AvgIpc) is 2.85. The summed E-state index contributed by atoms with van der Waals surface area (Å²) in [6.07, 6.45) is 1.23. The minimum absolute atomic E-state index is 0.0738. The fourth-order valence-corrected chi connectivity index (χ4v) is 1.45. The van der Waals surface area contributed by atoms with Gasteiger partial charge in [0.1, 0.15) is 5.69 Å². The molecule has 0 spiro atoms. The van der Waals surface area contributed by atoms with E-state index in [2.05, 4.69) is 15.4 Å². The number of hydrogen-bond acceptors (Lipinski definition) is 4. The van der Waals surface area contributed by atoms with Crippen LogP contribution >= 0.6 is 0 Å². The van der Waals surface area contributed by atoms with Crippen LogP contribution in [0.15, 0.2) is 24.4 Å². The summed E-state index contributed by atoms with van der Waals surface area (Å²) >= 11 is 0. The summed E-state index contributed by atoms with van der Waals surface area (Å²) < 4.78 is 18.6. The normalized spacial score (nSPS) is 10.2. The molecule has 0 aliphatic carbocycles. The standard InChI is InChI=1S/C11H10FN3O2/c1-17-10-4-2-3-7(11(10)12)5-9(16)8-6-13-15-14-8/h2-4,6H,5H2,1H3,(H,13,14,15). The van der Waals surface area contributed by atoms with Gasteiger partial charge in [-0.3, -0.25) is 4.79 Å². The number of benzene rings is 1. The Morgan fingerprint density at radius 3 is 3.00 bits per heavy atom. The number of rotatable bonds is 4. The fraction of sp³-hybridized carbons (Fsp3) is 0.182. The summed E-state index contributed by atoms with van der Waals surface area (Å²) in [6, 6.07) is 4.67. The topological polar surface area (TPSA) is 67.9 Å². The minimum Gasteiger partial charge on any atom is -0.494 e. The molecule has 1 heterocycles. The molecule has 17 heavy (non-hydrogen) atoms. The Morgan fingerprint density at radius 1 is 1.53 bits per heavy atom. The number of nitrogens with zero attached hydrogens (tertiary/aromatic N) is 2. The van der Waals surface area contributed by atoms with Crippen LogP contribution in [0.25, 0.3) is 0 Å². The molecule has 5 nitrogen and oxygen atoms in total. The summed E-state index contributed by atoms with van der Waals surface area (Å²) in [5.41, 5.74) is 0.463. The van der Waals surface area contributed by atoms with Gasteiger partial charge in [0.25, 0.3) is 0 Å². The van der Waals surface area contributed by atoms with Crippen molar-refractivity contribution in [2.24, 2.45) is 0 Å².